The minimum atomic E-state index is -0.503. The average molecular weight is 424 g/mol. The van der Waals surface area contributed by atoms with Crippen LogP contribution in [-0.4, -0.2) is 36.6 Å². The highest BCUT2D eigenvalue weighted by Crippen LogP contribution is 2.34. The van der Waals surface area contributed by atoms with Crippen molar-refractivity contribution in [3.05, 3.63) is 78.9 Å². The van der Waals surface area contributed by atoms with Crippen LogP contribution in [0.15, 0.2) is 67.8 Å². The molecule has 0 spiro atoms. The van der Waals surface area contributed by atoms with Crippen LogP contribution in [0.5, 0.6) is 17.2 Å². The molecule has 7 heteroatoms. The van der Waals surface area contributed by atoms with Gasteiger partial charge in [0, 0.05) is 25.1 Å². The van der Waals surface area contributed by atoms with Gasteiger partial charge in [0.05, 0.1) is 6.54 Å². The van der Waals surface area contributed by atoms with Gasteiger partial charge in [-0.1, -0.05) is 42.5 Å². The number of carbonyl (C=O) groups excluding carboxylic acids is 2. The van der Waals surface area contributed by atoms with Crippen LogP contribution in [0.25, 0.3) is 0 Å². The van der Waals surface area contributed by atoms with Crippen LogP contribution >= 0.6 is 0 Å². The summed E-state index contributed by atoms with van der Waals surface area (Å²) >= 11 is 0. The molecule has 164 valence electrons. The van der Waals surface area contributed by atoms with Gasteiger partial charge in [-0.15, -0.1) is 13.2 Å². The van der Waals surface area contributed by atoms with Crippen molar-refractivity contribution in [1.29, 1.82) is 0 Å². The smallest absolute Gasteiger partial charge is 0.259 e. The molecule has 0 saturated carbocycles. The molecule has 0 radical (unpaired) electrons. The van der Waals surface area contributed by atoms with Gasteiger partial charge < -0.3 is 25.2 Å². The fourth-order valence-electron chi connectivity index (χ4n) is 2.67. The van der Waals surface area contributed by atoms with Crippen molar-refractivity contribution in [3.63, 3.8) is 0 Å². The Kier molecular flexibility index (Phi) is 9.68. The number of nitrogens with one attached hydrogen (secondary N) is 2. The summed E-state index contributed by atoms with van der Waals surface area (Å²) in [6.45, 7) is 8.04. The van der Waals surface area contributed by atoms with Crippen molar-refractivity contribution in [1.82, 2.24) is 10.6 Å². The molecule has 31 heavy (non-hydrogen) atoms. The topological polar surface area (TPSA) is 96.9 Å². The number of phenolic OH excluding ortho intramolecular Hbond substituents is 1. The lowest BCUT2D eigenvalue weighted by Crippen LogP contribution is -2.28. The van der Waals surface area contributed by atoms with Crippen LogP contribution in [0.1, 0.15) is 28.8 Å². The molecule has 0 aliphatic carbocycles. The van der Waals surface area contributed by atoms with E-state index in [0.29, 0.717) is 25.2 Å². The molecule has 0 bridgehead atoms. The Hall–Kier alpha value is -3.74. The van der Waals surface area contributed by atoms with Crippen molar-refractivity contribution in [2.45, 2.75) is 19.4 Å². The first-order valence-corrected chi connectivity index (χ1v) is 9.98. The molecule has 0 fully saturated rings. The van der Waals surface area contributed by atoms with Crippen LogP contribution in [-0.2, 0) is 11.4 Å². The van der Waals surface area contributed by atoms with E-state index >= 15 is 0 Å². The zero-order valence-corrected chi connectivity index (χ0v) is 17.4. The van der Waals surface area contributed by atoms with Crippen LogP contribution in [0.4, 0.5) is 0 Å². The molecule has 7 nitrogen and oxygen atoms in total. The van der Waals surface area contributed by atoms with Crippen molar-refractivity contribution >= 4 is 11.8 Å². The molecule has 0 unspecified atom stereocenters. The maximum absolute atomic E-state index is 12.5. The van der Waals surface area contributed by atoms with Crippen LogP contribution in [0, 0.1) is 0 Å². The van der Waals surface area contributed by atoms with Gasteiger partial charge in [0.25, 0.3) is 5.91 Å². The Morgan fingerprint density at radius 1 is 1.03 bits per heavy atom. The lowest BCUT2D eigenvalue weighted by atomic mass is 10.1. The predicted octanol–water partition coefficient (Wildman–Crippen LogP) is 3.35. The summed E-state index contributed by atoms with van der Waals surface area (Å²) in [6.07, 6.45) is 4.15. The Morgan fingerprint density at radius 3 is 2.52 bits per heavy atom. The summed E-state index contributed by atoms with van der Waals surface area (Å²) in [5.41, 5.74) is 0.950. The number of phenols is 1. The summed E-state index contributed by atoms with van der Waals surface area (Å²) < 4.78 is 11.5. The van der Waals surface area contributed by atoms with Gasteiger partial charge in [-0.05, 0) is 12.0 Å². The van der Waals surface area contributed by atoms with Crippen molar-refractivity contribution < 1.29 is 24.2 Å². The molecule has 2 amide bonds. The number of rotatable bonds is 13. The SMILES string of the molecule is C=CCCC(=O)NCCOc1cc(OCc2ccccc2)cc(O)c1C(=O)NCC=C. The number of hydrogen-bond acceptors (Lipinski definition) is 5. The molecule has 0 saturated heterocycles. The zero-order chi connectivity index (χ0) is 22.5. The Labute approximate surface area is 182 Å². The molecular weight excluding hydrogens is 396 g/mol. The second-order valence-electron chi connectivity index (χ2n) is 6.61. The Balaban J connectivity index is 2.10. The maximum Gasteiger partial charge on any atom is 0.259 e. The van der Waals surface area contributed by atoms with Gasteiger partial charge >= 0.3 is 0 Å². The Bertz CT molecular complexity index is 896. The number of ether oxygens (including phenoxy) is 2. The fraction of sp³-hybridized carbons (Fsp3) is 0.250. The fourth-order valence-corrected chi connectivity index (χ4v) is 2.67. The summed E-state index contributed by atoms with van der Waals surface area (Å²) in [5.74, 6) is -0.374. The first kappa shape index (κ1) is 23.5. The van der Waals surface area contributed by atoms with Gasteiger partial charge in [0.1, 0.15) is 36.0 Å². The van der Waals surface area contributed by atoms with Gasteiger partial charge in [-0.25, -0.2) is 0 Å². The summed E-state index contributed by atoms with van der Waals surface area (Å²) in [6, 6.07) is 12.5. The molecule has 0 aromatic heterocycles. The third-order valence-electron chi connectivity index (χ3n) is 4.19. The standard InChI is InChI=1S/C24H28N2O5/c1-3-5-11-22(28)25-13-14-30-21-16-19(31-17-18-9-7-6-8-10-18)15-20(27)23(21)24(29)26-12-4-2/h3-4,6-10,15-16,27H,1-2,5,11-14,17H2,(H,25,28)(H,26,29). The molecular formula is C24H28N2O5. The lowest BCUT2D eigenvalue weighted by Gasteiger charge is -2.15. The van der Waals surface area contributed by atoms with E-state index < -0.39 is 5.91 Å². The van der Waals surface area contributed by atoms with Crippen molar-refractivity contribution in [3.8, 4) is 17.2 Å². The van der Waals surface area contributed by atoms with Crippen LogP contribution in [0.2, 0.25) is 0 Å². The van der Waals surface area contributed by atoms with Crippen LogP contribution < -0.4 is 20.1 Å². The highest BCUT2D eigenvalue weighted by Gasteiger charge is 2.19. The monoisotopic (exact) mass is 424 g/mol. The van der Waals surface area contributed by atoms with Gasteiger partial charge in [0.2, 0.25) is 5.91 Å². The second-order valence-corrected chi connectivity index (χ2v) is 6.61. The first-order valence-electron chi connectivity index (χ1n) is 9.98. The number of aromatic hydroxyl groups is 1. The summed E-state index contributed by atoms with van der Waals surface area (Å²) in [7, 11) is 0. The van der Waals surface area contributed by atoms with E-state index in [9.17, 15) is 14.7 Å². The molecule has 0 aliphatic heterocycles. The van der Waals surface area contributed by atoms with E-state index in [1.54, 1.807) is 12.1 Å². The molecule has 3 N–H and O–H groups in total. The molecule has 0 aliphatic rings. The number of amides is 2. The minimum absolute atomic E-state index is 0.00750. The van der Waals surface area contributed by atoms with Gasteiger partial charge in [0.15, 0.2) is 0 Å². The quantitative estimate of drug-likeness (QED) is 0.338. The number of hydrogen-bond donors (Lipinski definition) is 3. The summed E-state index contributed by atoms with van der Waals surface area (Å²) in [5, 5.41) is 15.8. The number of carbonyl (C=O) groups is 2. The van der Waals surface area contributed by atoms with Crippen LogP contribution in [0.3, 0.4) is 0 Å². The van der Waals surface area contributed by atoms with E-state index in [0.717, 1.165) is 5.56 Å². The second kappa shape index (κ2) is 12.7. The zero-order valence-electron chi connectivity index (χ0n) is 17.4. The van der Waals surface area contributed by atoms with E-state index in [-0.39, 0.29) is 42.7 Å². The minimum Gasteiger partial charge on any atom is -0.507 e. The van der Waals surface area contributed by atoms with E-state index in [1.165, 1.54) is 12.1 Å². The Morgan fingerprint density at radius 2 is 1.81 bits per heavy atom. The predicted molar refractivity (Wildman–Crippen MR) is 119 cm³/mol. The number of allylic oxidation sites excluding steroid dienone is 1. The lowest BCUT2D eigenvalue weighted by molar-refractivity contribution is -0.121. The average Bonchev–Trinajstić information content (AvgIpc) is 2.78. The van der Waals surface area contributed by atoms with Gasteiger partial charge in [-0.2, -0.15) is 0 Å². The summed E-state index contributed by atoms with van der Waals surface area (Å²) in [4.78, 5) is 24.2. The first-order chi connectivity index (χ1) is 15.0. The third-order valence-corrected chi connectivity index (χ3v) is 4.19. The molecule has 0 atom stereocenters. The highest BCUT2D eigenvalue weighted by molar-refractivity contribution is 6.00. The highest BCUT2D eigenvalue weighted by atomic mass is 16.5. The molecule has 2 rings (SSSR count). The third kappa shape index (κ3) is 7.89. The molecule has 2 aromatic rings. The largest absolute Gasteiger partial charge is 0.507 e. The van der Waals surface area contributed by atoms with Crippen molar-refractivity contribution in [2.75, 3.05) is 19.7 Å². The van der Waals surface area contributed by atoms with E-state index in [1.807, 2.05) is 30.3 Å². The van der Waals surface area contributed by atoms with Crippen molar-refractivity contribution in [2.24, 2.45) is 0 Å². The molecule has 2 aromatic carbocycles. The molecule has 0 heterocycles. The van der Waals surface area contributed by atoms with E-state index in [4.69, 9.17) is 9.47 Å². The normalized spacial score (nSPS) is 10.1. The maximum atomic E-state index is 12.5. The van der Waals surface area contributed by atoms with Gasteiger partial charge in [-0.3, -0.25) is 9.59 Å². The number of benzene rings is 2. The van der Waals surface area contributed by atoms with E-state index in [2.05, 4.69) is 23.8 Å².